The van der Waals surface area contributed by atoms with Gasteiger partial charge in [0, 0.05) is 42.3 Å². The van der Waals surface area contributed by atoms with Crippen LogP contribution < -0.4 is 10.2 Å². The molecule has 5 heterocycles. The number of fused-ring (bicyclic) bond motifs is 2. The fourth-order valence-corrected chi connectivity index (χ4v) is 5.38. The van der Waals surface area contributed by atoms with Crippen molar-refractivity contribution in [3.8, 4) is 22.6 Å². The number of piperidine rings is 1. The highest BCUT2D eigenvalue weighted by Gasteiger charge is 2.22. The summed E-state index contributed by atoms with van der Waals surface area (Å²) in [5.74, 6) is 0.960. The molecule has 6 aromatic rings. The molecule has 198 valence electrons. The van der Waals surface area contributed by atoms with Gasteiger partial charge in [0.05, 0.1) is 28.3 Å². The number of aromatic amines is 2. The van der Waals surface area contributed by atoms with E-state index < -0.39 is 5.82 Å². The van der Waals surface area contributed by atoms with Crippen LogP contribution in [0.25, 0.3) is 50.3 Å². The number of H-pyrrole nitrogens is 2. The van der Waals surface area contributed by atoms with Crippen molar-refractivity contribution >= 4 is 39.1 Å². The predicted molar refractivity (Wildman–Crippen MR) is 157 cm³/mol. The van der Waals surface area contributed by atoms with Crippen LogP contribution in [-0.4, -0.2) is 43.2 Å². The van der Waals surface area contributed by atoms with Crippen LogP contribution in [-0.2, 0) is 0 Å². The number of pyridine rings is 2. The number of benzene rings is 2. The Bertz CT molecular complexity index is 1850. The van der Waals surface area contributed by atoms with Gasteiger partial charge in [-0.15, -0.1) is 0 Å². The normalized spacial score (nSPS) is 13.7. The molecule has 1 fully saturated rings. The summed E-state index contributed by atoms with van der Waals surface area (Å²) in [6.45, 7) is 6.04. The molecule has 8 nitrogen and oxygen atoms in total. The molecule has 1 aliphatic heterocycles. The molecule has 0 bridgehead atoms. The van der Waals surface area contributed by atoms with Crippen LogP contribution in [0.1, 0.15) is 24.8 Å². The fourth-order valence-electron chi connectivity index (χ4n) is 5.38. The van der Waals surface area contributed by atoms with E-state index in [2.05, 4.69) is 41.9 Å². The Hall–Kier alpha value is -5.05. The Balaban J connectivity index is 1.26. The molecule has 3 N–H and O–H groups in total. The summed E-state index contributed by atoms with van der Waals surface area (Å²) in [4.78, 5) is 19.5. The minimum Gasteiger partial charge on any atom is -0.355 e. The molecule has 0 saturated carbocycles. The minimum absolute atomic E-state index is 0.371. The molecular formula is C31H27FN8. The Kier molecular flexibility index (Phi) is 5.96. The summed E-state index contributed by atoms with van der Waals surface area (Å²) in [5.41, 5.74) is 6.11. The molecule has 1 saturated heterocycles. The number of rotatable bonds is 6. The van der Waals surface area contributed by atoms with Gasteiger partial charge in [-0.1, -0.05) is 36.9 Å². The molecule has 2 aromatic carbocycles. The average molecular weight is 531 g/mol. The van der Waals surface area contributed by atoms with E-state index in [9.17, 15) is 0 Å². The van der Waals surface area contributed by atoms with Crippen molar-refractivity contribution in [2.45, 2.75) is 19.3 Å². The molecule has 1 aliphatic rings. The van der Waals surface area contributed by atoms with Crippen LogP contribution in [0.15, 0.2) is 79.8 Å². The number of imidazole rings is 1. The maximum Gasteiger partial charge on any atom is 0.159 e. The van der Waals surface area contributed by atoms with Gasteiger partial charge in [0.15, 0.2) is 11.6 Å². The van der Waals surface area contributed by atoms with E-state index in [1.165, 1.54) is 6.42 Å². The van der Waals surface area contributed by atoms with Crippen molar-refractivity contribution in [3.05, 3.63) is 91.1 Å². The molecule has 0 spiro atoms. The molecule has 0 unspecified atom stereocenters. The zero-order valence-corrected chi connectivity index (χ0v) is 21.8. The fraction of sp³-hybridized carbons (Fsp3) is 0.161. The molecule has 0 aliphatic carbocycles. The van der Waals surface area contributed by atoms with Crippen molar-refractivity contribution in [2.24, 2.45) is 0 Å². The first-order valence-electron chi connectivity index (χ1n) is 13.4. The standard InChI is InChI=1S/C31H27FN8/c1-19(20-8-4-2-5-9-20)35-22-16-21(17-33-18-22)23-10-11-24-26(27(23)32)29(39-38-24)30-36-25-12-13-34-31(28(25)37-30)40-14-6-3-7-15-40/h2,4-5,8-13,16-18,35H,1,3,6-7,14-15H2,(H,36,37)(H,38,39). The van der Waals surface area contributed by atoms with Gasteiger partial charge in [0.1, 0.15) is 17.0 Å². The van der Waals surface area contributed by atoms with Crippen LogP contribution in [0, 0.1) is 5.82 Å². The number of nitrogens with zero attached hydrogens (tertiary/aromatic N) is 5. The SMILES string of the molecule is C=C(Nc1cncc(-c2ccc3[nH]nc(-c4nc5c(N6CCCCC6)nccc5[nH]4)c3c2F)c1)c1ccccc1. The van der Waals surface area contributed by atoms with E-state index in [1.807, 2.05) is 48.5 Å². The lowest BCUT2D eigenvalue weighted by molar-refractivity contribution is 0.574. The van der Waals surface area contributed by atoms with Gasteiger partial charge < -0.3 is 15.2 Å². The molecule has 0 atom stereocenters. The number of nitrogens with one attached hydrogen (secondary N) is 3. The second kappa shape index (κ2) is 9.92. The lowest BCUT2D eigenvalue weighted by Gasteiger charge is -2.27. The van der Waals surface area contributed by atoms with E-state index in [1.54, 1.807) is 24.7 Å². The second-order valence-corrected chi connectivity index (χ2v) is 10.0. The molecule has 0 radical (unpaired) electrons. The van der Waals surface area contributed by atoms with Gasteiger partial charge in [-0.05, 0) is 49.1 Å². The summed E-state index contributed by atoms with van der Waals surface area (Å²) in [6, 6.07) is 17.1. The second-order valence-electron chi connectivity index (χ2n) is 10.0. The van der Waals surface area contributed by atoms with Gasteiger partial charge in [0.2, 0.25) is 0 Å². The number of anilines is 2. The third-order valence-electron chi connectivity index (χ3n) is 7.40. The zero-order chi connectivity index (χ0) is 27.1. The first-order chi connectivity index (χ1) is 19.7. The smallest absolute Gasteiger partial charge is 0.159 e. The molecule has 7 rings (SSSR count). The summed E-state index contributed by atoms with van der Waals surface area (Å²) in [6.07, 6.45) is 8.64. The van der Waals surface area contributed by atoms with E-state index in [0.29, 0.717) is 39.2 Å². The number of aromatic nitrogens is 6. The summed E-state index contributed by atoms with van der Waals surface area (Å²) in [5, 5.41) is 11.1. The van der Waals surface area contributed by atoms with Crippen molar-refractivity contribution in [1.82, 2.24) is 30.1 Å². The first-order valence-corrected chi connectivity index (χ1v) is 13.4. The van der Waals surface area contributed by atoms with Gasteiger partial charge >= 0.3 is 0 Å². The van der Waals surface area contributed by atoms with Crippen LogP contribution >= 0.6 is 0 Å². The lowest BCUT2D eigenvalue weighted by atomic mass is 10.0. The predicted octanol–water partition coefficient (Wildman–Crippen LogP) is 6.78. The summed E-state index contributed by atoms with van der Waals surface area (Å²) >= 11 is 0. The van der Waals surface area contributed by atoms with Gasteiger partial charge in [-0.3, -0.25) is 10.1 Å². The van der Waals surface area contributed by atoms with E-state index >= 15 is 4.39 Å². The summed E-state index contributed by atoms with van der Waals surface area (Å²) in [7, 11) is 0. The van der Waals surface area contributed by atoms with E-state index in [0.717, 1.165) is 54.0 Å². The highest BCUT2D eigenvalue weighted by atomic mass is 19.1. The van der Waals surface area contributed by atoms with Crippen LogP contribution in [0.2, 0.25) is 0 Å². The Morgan fingerprint density at radius 2 is 1.82 bits per heavy atom. The van der Waals surface area contributed by atoms with Crippen LogP contribution in [0.4, 0.5) is 15.9 Å². The van der Waals surface area contributed by atoms with Crippen molar-refractivity contribution in [1.29, 1.82) is 0 Å². The lowest BCUT2D eigenvalue weighted by Crippen LogP contribution is -2.30. The largest absolute Gasteiger partial charge is 0.355 e. The third kappa shape index (κ3) is 4.25. The Labute approximate surface area is 230 Å². The van der Waals surface area contributed by atoms with Crippen LogP contribution in [0.3, 0.4) is 0 Å². The van der Waals surface area contributed by atoms with E-state index in [4.69, 9.17) is 4.98 Å². The monoisotopic (exact) mass is 530 g/mol. The molecule has 0 amide bonds. The third-order valence-corrected chi connectivity index (χ3v) is 7.40. The maximum absolute atomic E-state index is 16.2. The minimum atomic E-state index is -0.392. The molecule has 4 aromatic heterocycles. The number of hydrogen-bond donors (Lipinski definition) is 3. The number of hydrogen-bond acceptors (Lipinski definition) is 6. The molecule has 9 heteroatoms. The average Bonchev–Trinajstić information content (AvgIpc) is 3.63. The topological polar surface area (TPSA) is 98.4 Å². The van der Waals surface area contributed by atoms with E-state index in [-0.39, 0.29) is 0 Å². The van der Waals surface area contributed by atoms with Gasteiger partial charge in [-0.25, -0.2) is 14.4 Å². The van der Waals surface area contributed by atoms with Crippen molar-refractivity contribution in [2.75, 3.05) is 23.3 Å². The Morgan fingerprint density at radius 3 is 2.67 bits per heavy atom. The first kappa shape index (κ1) is 24.0. The van der Waals surface area contributed by atoms with Gasteiger partial charge in [0.25, 0.3) is 0 Å². The van der Waals surface area contributed by atoms with Crippen molar-refractivity contribution in [3.63, 3.8) is 0 Å². The number of halogens is 1. The summed E-state index contributed by atoms with van der Waals surface area (Å²) < 4.78 is 16.2. The van der Waals surface area contributed by atoms with Crippen molar-refractivity contribution < 1.29 is 4.39 Å². The highest BCUT2D eigenvalue weighted by molar-refractivity contribution is 5.97. The van der Waals surface area contributed by atoms with Gasteiger partial charge in [-0.2, -0.15) is 5.10 Å². The van der Waals surface area contributed by atoms with Crippen LogP contribution in [0.5, 0.6) is 0 Å². The zero-order valence-electron chi connectivity index (χ0n) is 21.8. The Morgan fingerprint density at radius 1 is 0.975 bits per heavy atom. The maximum atomic E-state index is 16.2. The highest BCUT2D eigenvalue weighted by Crippen LogP contribution is 2.35. The molecular weight excluding hydrogens is 503 g/mol. The quantitative estimate of drug-likeness (QED) is 0.220. The molecule has 40 heavy (non-hydrogen) atoms.